The van der Waals surface area contributed by atoms with E-state index in [4.69, 9.17) is 4.99 Å². The first-order chi connectivity index (χ1) is 12.2. The van der Waals surface area contributed by atoms with Crippen molar-refractivity contribution in [2.45, 2.75) is 45.3 Å². The van der Waals surface area contributed by atoms with Crippen molar-refractivity contribution in [1.29, 1.82) is 0 Å². The molecule has 3 saturated heterocycles. The zero-order valence-electron chi connectivity index (χ0n) is 15.4. The van der Waals surface area contributed by atoms with Crippen LogP contribution in [-0.4, -0.2) is 88.4 Å². The molecule has 1 aromatic heterocycles. The largest absolute Gasteiger partial charge is 0.357 e. The summed E-state index contributed by atoms with van der Waals surface area (Å²) in [4.78, 5) is 14.5. The van der Waals surface area contributed by atoms with Gasteiger partial charge in [-0.25, -0.2) is 9.67 Å². The Balaban J connectivity index is 1.36. The Kier molecular flexibility index (Phi) is 4.89. The first-order valence-electron chi connectivity index (χ1n) is 9.63. The minimum atomic E-state index is 0.360. The second-order valence-corrected chi connectivity index (χ2v) is 7.35. The summed E-state index contributed by atoms with van der Waals surface area (Å²) in [5.74, 6) is 2.91. The van der Waals surface area contributed by atoms with Gasteiger partial charge in [0, 0.05) is 57.8 Å². The van der Waals surface area contributed by atoms with Gasteiger partial charge in [-0.3, -0.25) is 14.8 Å². The zero-order valence-corrected chi connectivity index (χ0v) is 15.4. The van der Waals surface area contributed by atoms with Crippen LogP contribution in [0.5, 0.6) is 0 Å². The van der Waals surface area contributed by atoms with Crippen molar-refractivity contribution in [3.63, 3.8) is 0 Å². The van der Waals surface area contributed by atoms with Crippen LogP contribution in [0.2, 0.25) is 0 Å². The second-order valence-electron chi connectivity index (χ2n) is 7.35. The molecule has 3 fully saturated rings. The first-order valence-corrected chi connectivity index (χ1v) is 9.63. The summed E-state index contributed by atoms with van der Waals surface area (Å²) in [7, 11) is 0. The van der Waals surface area contributed by atoms with Gasteiger partial charge in [0.25, 0.3) is 0 Å². The summed E-state index contributed by atoms with van der Waals surface area (Å²) in [5.41, 5.74) is 0. The Morgan fingerprint density at radius 2 is 2.08 bits per heavy atom. The van der Waals surface area contributed by atoms with Crippen molar-refractivity contribution in [3.05, 3.63) is 11.6 Å². The normalized spacial score (nSPS) is 31.7. The van der Waals surface area contributed by atoms with Gasteiger partial charge in [-0.05, 0) is 20.3 Å². The number of fused-ring (bicyclic) bond motifs is 4. The molecule has 0 aromatic carbocycles. The van der Waals surface area contributed by atoms with E-state index in [-0.39, 0.29) is 0 Å². The van der Waals surface area contributed by atoms with Gasteiger partial charge in [0.15, 0.2) is 5.96 Å². The fraction of sp³-hybridized carbons (Fsp3) is 0.824. The van der Waals surface area contributed by atoms with Crippen molar-refractivity contribution in [2.24, 2.45) is 4.99 Å². The summed E-state index contributed by atoms with van der Waals surface area (Å²) < 4.78 is 2.04. The van der Waals surface area contributed by atoms with E-state index in [1.807, 2.05) is 11.6 Å². The number of aryl methyl sites for hydroxylation is 2. The smallest absolute Gasteiger partial charge is 0.191 e. The summed E-state index contributed by atoms with van der Waals surface area (Å²) in [6.07, 6.45) is 2.05. The average Bonchev–Trinajstić information content (AvgIpc) is 3.00. The van der Waals surface area contributed by atoms with E-state index < -0.39 is 0 Å². The monoisotopic (exact) mass is 346 g/mol. The summed E-state index contributed by atoms with van der Waals surface area (Å²) in [5, 5.41) is 11.5. The third-order valence-electron chi connectivity index (χ3n) is 5.50. The molecule has 0 amide bonds. The highest BCUT2D eigenvalue weighted by atomic mass is 15.4. The molecule has 0 radical (unpaired) electrons. The maximum absolute atomic E-state index is 4.89. The van der Waals surface area contributed by atoms with Crippen molar-refractivity contribution in [1.82, 2.24) is 35.2 Å². The lowest BCUT2D eigenvalue weighted by molar-refractivity contribution is 0.0174. The SMILES string of the molecule is CCNC(=NCC1CN2CCN1CC2)NC1CCc2nc(C)nn2C1. The Hall–Kier alpha value is -1.67. The van der Waals surface area contributed by atoms with Crippen LogP contribution >= 0.6 is 0 Å². The molecule has 2 N–H and O–H groups in total. The van der Waals surface area contributed by atoms with Gasteiger partial charge < -0.3 is 10.6 Å². The molecule has 1 aromatic rings. The quantitative estimate of drug-likeness (QED) is 0.563. The Labute approximate surface area is 149 Å². The average molecular weight is 346 g/mol. The van der Waals surface area contributed by atoms with E-state index in [0.717, 1.165) is 56.6 Å². The summed E-state index contributed by atoms with van der Waals surface area (Å²) in [6, 6.07) is 0.923. The molecule has 5 heterocycles. The van der Waals surface area contributed by atoms with Crippen LogP contribution in [0.3, 0.4) is 0 Å². The molecule has 0 saturated carbocycles. The van der Waals surface area contributed by atoms with Gasteiger partial charge in [0.1, 0.15) is 11.6 Å². The molecule has 4 aliphatic heterocycles. The van der Waals surface area contributed by atoms with Gasteiger partial charge in [-0.15, -0.1) is 0 Å². The van der Waals surface area contributed by atoms with Gasteiger partial charge in [-0.1, -0.05) is 0 Å². The highest BCUT2D eigenvalue weighted by Crippen LogP contribution is 2.16. The zero-order chi connectivity index (χ0) is 17.2. The number of hydrogen-bond acceptors (Lipinski definition) is 5. The highest BCUT2D eigenvalue weighted by Gasteiger charge is 2.31. The Morgan fingerprint density at radius 3 is 2.80 bits per heavy atom. The van der Waals surface area contributed by atoms with Crippen LogP contribution in [0.4, 0.5) is 0 Å². The number of nitrogens with zero attached hydrogens (tertiary/aromatic N) is 6. The van der Waals surface area contributed by atoms with Crippen LogP contribution < -0.4 is 10.6 Å². The lowest BCUT2D eigenvalue weighted by atomic mass is 10.1. The van der Waals surface area contributed by atoms with E-state index in [9.17, 15) is 0 Å². The number of rotatable bonds is 4. The molecular weight excluding hydrogens is 316 g/mol. The fourth-order valence-corrected chi connectivity index (χ4v) is 4.16. The van der Waals surface area contributed by atoms with Crippen LogP contribution in [0.25, 0.3) is 0 Å². The predicted molar refractivity (Wildman–Crippen MR) is 97.8 cm³/mol. The molecule has 2 unspecified atom stereocenters. The number of piperazine rings is 3. The molecule has 0 spiro atoms. The number of aliphatic imine (C=N–C) groups is 1. The highest BCUT2D eigenvalue weighted by molar-refractivity contribution is 5.80. The predicted octanol–water partition coefficient (Wildman–Crippen LogP) is -0.544. The van der Waals surface area contributed by atoms with Gasteiger partial charge in [-0.2, -0.15) is 5.10 Å². The van der Waals surface area contributed by atoms with E-state index >= 15 is 0 Å². The third-order valence-corrected chi connectivity index (χ3v) is 5.50. The molecular formula is C17H30N8. The number of nitrogens with one attached hydrogen (secondary N) is 2. The number of aromatic nitrogens is 3. The molecule has 138 valence electrons. The van der Waals surface area contributed by atoms with Crippen LogP contribution in [-0.2, 0) is 13.0 Å². The minimum absolute atomic E-state index is 0.360. The Morgan fingerprint density at radius 1 is 1.24 bits per heavy atom. The summed E-state index contributed by atoms with van der Waals surface area (Å²) in [6.45, 7) is 12.7. The molecule has 8 heteroatoms. The maximum Gasteiger partial charge on any atom is 0.191 e. The Bertz CT molecular complexity index is 616. The third kappa shape index (κ3) is 3.79. The van der Waals surface area contributed by atoms with E-state index in [1.54, 1.807) is 0 Å². The number of hydrogen-bond donors (Lipinski definition) is 2. The topological polar surface area (TPSA) is 73.6 Å². The van der Waals surface area contributed by atoms with Crippen molar-refractivity contribution >= 4 is 5.96 Å². The number of guanidine groups is 1. The molecule has 8 nitrogen and oxygen atoms in total. The first kappa shape index (κ1) is 16.8. The van der Waals surface area contributed by atoms with E-state index in [1.165, 1.54) is 26.2 Å². The molecule has 0 aliphatic carbocycles. The maximum atomic E-state index is 4.89. The minimum Gasteiger partial charge on any atom is -0.357 e. The van der Waals surface area contributed by atoms with Gasteiger partial charge in [0.05, 0.1) is 13.1 Å². The van der Waals surface area contributed by atoms with E-state index in [2.05, 4.69) is 37.4 Å². The van der Waals surface area contributed by atoms with E-state index in [0.29, 0.717) is 12.1 Å². The summed E-state index contributed by atoms with van der Waals surface area (Å²) >= 11 is 0. The van der Waals surface area contributed by atoms with Crippen LogP contribution in [0, 0.1) is 6.92 Å². The molecule has 4 aliphatic rings. The molecule has 2 atom stereocenters. The van der Waals surface area contributed by atoms with Crippen LogP contribution in [0.15, 0.2) is 4.99 Å². The van der Waals surface area contributed by atoms with Crippen molar-refractivity contribution in [3.8, 4) is 0 Å². The standard InChI is InChI=1S/C17H30N8/c1-3-18-17(19-10-15-12-23-6-8-24(15)9-7-23)21-14-4-5-16-20-13(2)22-25(16)11-14/h14-15H,3-12H2,1-2H3,(H2,18,19,21). The molecule has 5 rings (SSSR count). The molecule has 2 bridgehead atoms. The van der Waals surface area contributed by atoms with Gasteiger partial charge in [0.2, 0.25) is 0 Å². The van der Waals surface area contributed by atoms with Crippen molar-refractivity contribution in [2.75, 3.05) is 45.8 Å². The lowest BCUT2D eigenvalue weighted by Gasteiger charge is -2.47. The van der Waals surface area contributed by atoms with Crippen LogP contribution in [0.1, 0.15) is 25.0 Å². The second kappa shape index (κ2) is 7.29. The molecule has 25 heavy (non-hydrogen) atoms. The fourth-order valence-electron chi connectivity index (χ4n) is 4.16. The lowest BCUT2D eigenvalue weighted by Crippen LogP contribution is -2.62. The van der Waals surface area contributed by atoms with Crippen molar-refractivity contribution < 1.29 is 0 Å². The van der Waals surface area contributed by atoms with Gasteiger partial charge >= 0.3 is 0 Å².